The molecule has 0 aliphatic heterocycles. The van der Waals surface area contributed by atoms with Crippen LogP contribution in [-0.2, 0) is 11.3 Å². The first kappa shape index (κ1) is 16.9. The zero-order chi connectivity index (χ0) is 18.1. The lowest BCUT2D eigenvalue weighted by atomic mass is 10.1. The van der Waals surface area contributed by atoms with E-state index in [-0.39, 0.29) is 11.7 Å². The van der Waals surface area contributed by atoms with Crippen molar-refractivity contribution in [3.63, 3.8) is 0 Å². The van der Waals surface area contributed by atoms with Gasteiger partial charge in [0.2, 0.25) is 11.0 Å². The molecule has 0 aliphatic rings. The average molecular weight is 384 g/mol. The number of aryl methyl sites for hydroxylation is 1. The Labute approximate surface area is 158 Å². The van der Waals surface area contributed by atoms with Crippen LogP contribution in [0.3, 0.4) is 0 Å². The molecule has 0 saturated heterocycles. The molecule has 0 bridgehead atoms. The van der Waals surface area contributed by atoms with Crippen LogP contribution in [0.4, 0.5) is 10.8 Å². The van der Waals surface area contributed by atoms with Crippen molar-refractivity contribution in [2.75, 3.05) is 16.8 Å². The Balaban J connectivity index is 1.57. The molecular formula is C18H17N5OS2. The Hall–Kier alpha value is -2.58. The van der Waals surface area contributed by atoms with E-state index in [1.165, 1.54) is 39.5 Å². The summed E-state index contributed by atoms with van der Waals surface area (Å²) >= 11 is 2.61. The van der Waals surface area contributed by atoms with E-state index in [0.29, 0.717) is 9.47 Å². The summed E-state index contributed by atoms with van der Waals surface area (Å²) in [5.41, 5.74) is 8.72. The molecule has 0 radical (unpaired) electrons. The van der Waals surface area contributed by atoms with E-state index in [0.717, 1.165) is 17.6 Å². The van der Waals surface area contributed by atoms with Gasteiger partial charge in [-0.2, -0.15) is 0 Å². The van der Waals surface area contributed by atoms with Crippen molar-refractivity contribution < 1.29 is 4.79 Å². The number of nitrogen functional groups attached to an aromatic ring is 1. The van der Waals surface area contributed by atoms with Gasteiger partial charge in [-0.25, -0.2) is 0 Å². The topological polar surface area (TPSA) is 85.8 Å². The zero-order valence-corrected chi connectivity index (χ0v) is 15.7. The summed E-state index contributed by atoms with van der Waals surface area (Å²) in [7, 11) is 0. The Morgan fingerprint density at radius 1 is 1.19 bits per heavy atom. The Kier molecular flexibility index (Phi) is 4.52. The summed E-state index contributed by atoms with van der Waals surface area (Å²) in [5, 5.41) is 13.4. The molecule has 6 nitrogen and oxygen atoms in total. The number of aromatic nitrogens is 3. The lowest BCUT2D eigenvalue weighted by molar-refractivity contribution is -0.113. The van der Waals surface area contributed by atoms with Crippen LogP contribution in [0, 0.1) is 0 Å². The van der Waals surface area contributed by atoms with Gasteiger partial charge in [0, 0.05) is 34.0 Å². The van der Waals surface area contributed by atoms with Gasteiger partial charge in [0.05, 0.1) is 5.75 Å². The van der Waals surface area contributed by atoms with E-state index < -0.39 is 0 Å². The van der Waals surface area contributed by atoms with Gasteiger partial charge in [-0.1, -0.05) is 41.3 Å². The van der Waals surface area contributed by atoms with Crippen molar-refractivity contribution in [3.05, 3.63) is 42.5 Å². The number of para-hydroxylation sites is 1. The number of hydrogen-bond donors (Lipinski definition) is 2. The number of thioether (sulfide) groups is 1. The van der Waals surface area contributed by atoms with Crippen molar-refractivity contribution in [3.8, 4) is 0 Å². The molecule has 2 heterocycles. The van der Waals surface area contributed by atoms with Gasteiger partial charge in [0.15, 0.2) is 4.34 Å². The standard InChI is InChI=1S/C18H17N5OS2/c1-2-23-14-6-4-3-5-12(14)13-9-11(7-8-15(13)23)20-16(24)10-25-18-22-21-17(19)26-18/h3-9H,2,10H2,1H3,(H2,19,21)(H,20,24). The van der Waals surface area contributed by atoms with Crippen LogP contribution in [-0.4, -0.2) is 26.4 Å². The zero-order valence-electron chi connectivity index (χ0n) is 14.1. The van der Waals surface area contributed by atoms with E-state index in [2.05, 4.69) is 45.2 Å². The van der Waals surface area contributed by atoms with Gasteiger partial charge < -0.3 is 15.6 Å². The van der Waals surface area contributed by atoms with Crippen LogP contribution >= 0.6 is 23.1 Å². The third-order valence-electron chi connectivity index (χ3n) is 4.12. The van der Waals surface area contributed by atoms with Crippen molar-refractivity contribution >= 4 is 61.6 Å². The van der Waals surface area contributed by atoms with Gasteiger partial charge in [-0.3, -0.25) is 4.79 Å². The number of carbonyl (C=O) groups excluding carboxylic acids is 1. The molecule has 132 valence electrons. The van der Waals surface area contributed by atoms with Crippen LogP contribution in [0.2, 0.25) is 0 Å². The smallest absolute Gasteiger partial charge is 0.234 e. The molecular weight excluding hydrogens is 366 g/mol. The number of nitrogens with one attached hydrogen (secondary N) is 1. The highest BCUT2D eigenvalue weighted by Crippen LogP contribution is 2.31. The van der Waals surface area contributed by atoms with Gasteiger partial charge in [-0.05, 0) is 31.2 Å². The molecule has 0 aliphatic carbocycles. The Bertz CT molecular complexity index is 1100. The molecule has 8 heteroatoms. The third-order valence-corrected chi connectivity index (χ3v) is 6.01. The van der Waals surface area contributed by atoms with E-state index in [1.807, 2.05) is 24.3 Å². The van der Waals surface area contributed by atoms with Crippen LogP contribution < -0.4 is 11.1 Å². The van der Waals surface area contributed by atoms with Crippen molar-refractivity contribution in [1.82, 2.24) is 14.8 Å². The SMILES string of the molecule is CCn1c2ccccc2c2cc(NC(=O)CSc3nnc(N)s3)ccc21. The molecule has 26 heavy (non-hydrogen) atoms. The van der Waals surface area contributed by atoms with Gasteiger partial charge in [-0.15, -0.1) is 10.2 Å². The number of rotatable bonds is 5. The summed E-state index contributed by atoms with van der Waals surface area (Å²) < 4.78 is 2.98. The Morgan fingerprint density at radius 3 is 2.77 bits per heavy atom. The van der Waals surface area contributed by atoms with Gasteiger partial charge >= 0.3 is 0 Å². The second kappa shape index (κ2) is 6.97. The maximum absolute atomic E-state index is 12.2. The van der Waals surface area contributed by atoms with Crippen LogP contribution in [0.5, 0.6) is 0 Å². The number of nitrogens with two attached hydrogens (primary N) is 1. The van der Waals surface area contributed by atoms with Crippen LogP contribution in [0.25, 0.3) is 21.8 Å². The highest BCUT2D eigenvalue weighted by Gasteiger charge is 2.11. The number of benzene rings is 2. The van der Waals surface area contributed by atoms with Crippen LogP contribution in [0.1, 0.15) is 6.92 Å². The number of hydrogen-bond acceptors (Lipinski definition) is 6. The molecule has 3 N–H and O–H groups in total. The van der Waals surface area contributed by atoms with E-state index >= 15 is 0 Å². The average Bonchev–Trinajstić information content (AvgIpc) is 3.20. The second-order valence-corrected chi connectivity index (χ2v) is 7.97. The predicted molar refractivity (Wildman–Crippen MR) is 109 cm³/mol. The Morgan fingerprint density at radius 2 is 2.00 bits per heavy atom. The van der Waals surface area contributed by atoms with Gasteiger partial charge in [0.25, 0.3) is 0 Å². The van der Waals surface area contributed by atoms with E-state index in [4.69, 9.17) is 5.73 Å². The lowest BCUT2D eigenvalue weighted by Crippen LogP contribution is -2.13. The highest BCUT2D eigenvalue weighted by atomic mass is 32.2. The first-order valence-electron chi connectivity index (χ1n) is 8.18. The summed E-state index contributed by atoms with van der Waals surface area (Å²) in [6.45, 7) is 3.04. The maximum atomic E-state index is 12.2. The maximum Gasteiger partial charge on any atom is 0.234 e. The largest absolute Gasteiger partial charge is 0.374 e. The normalized spacial score (nSPS) is 11.3. The molecule has 4 aromatic rings. The number of fused-ring (bicyclic) bond motifs is 3. The predicted octanol–water partition coefficient (Wildman–Crippen LogP) is 3.98. The lowest BCUT2D eigenvalue weighted by Gasteiger charge is -2.06. The molecule has 4 rings (SSSR count). The first-order chi connectivity index (χ1) is 12.7. The number of anilines is 2. The molecule has 0 atom stereocenters. The quantitative estimate of drug-likeness (QED) is 0.509. The minimum Gasteiger partial charge on any atom is -0.374 e. The summed E-state index contributed by atoms with van der Waals surface area (Å²) in [6.07, 6.45) is 0. The fraction of sp³-hybridized carbons (Fsp3) is 0.167. The molecule has 2 aromatic heterocycles. The number of nitrogens with zero attached hydrogens (tertiary/aromatic N) is 3. The van der Waals surface area contributed by atoms with E-state index in [9.17, 15) is 4.79 Å². The molecule has 2 aromatic carbocycles. The molecule has 1 amide bonds. The summed E-state index contributed by atoms with van der Waals surface area (Å²) in [6, 6.07) is 14.4. The molecule has 0 saturated carbocycles. The molecule has 0 spiro atoms. The third kappa shape index (κ3) is 3.13. The fourth-order valence-corrected chi connectivity index (χ4v) is 4.51. The van der Waals surface area contributed by atoms with Crippen molar-refractivity contribution in [2.45, 2.75) is 17.8 Å². The van der Waals surface area contributed by atoms with E-state index in [1.54, 1.807) is 0 Å². The number of amides is 1. The minimum atomic E-state index is -0.0812. The first-order valence-corrected chi connectivity index (χ1v) is 9.98. The molecule has 0 fully saturated rings. The highest BCUT2D eigenvalue weighted by molar-refractivity contribution is 8.01. The monoisotopic (exact) mass is 383 g/mol. The van der Waals surface area contributed by atoms with Gasteiger partial charge in [0.1, 0.15) is 0 Å². The van der Waals surface area contributed by atoms with Crippen molar-refractivity contribution in [1.29, 1.82) is 0 Å². The van der Waals surface area contributed by atoms with Crippen molar-refractivity contribution in [2.24, 2.45) is 0 Å². The fourth-order valence-electron chi connectivity index (χ4n) is 3.08. The molecule has 0 unspecified atom stereocenters. The summed E-state index contributed by atoms with van der Waals surface area (Å²) in [5.74, 6) is 0.186. The number of carbonyl (C=O) groups is 1. The summed E-state index contributed by atoms with van der Waals surface area (Å²) in [4.78, 5) is 12.2. The second-order valence-electron chi connectivity index (χ2n) is 5.74. The minimum absolute atomic E-state index is 0.0812. The van der Waals surface area contributed by atoms with Crippen LogP contribution in [0.15, 0.2) is 46.8 Å².